The molecular weight excluding hydrogens is 303 g/mol. The molecule has 1 amide bonds. The molecule has 1 fully saturated rings. The lowest BCUT2D eigenvalue weighted by atomic mass is 10.1. The molecule has 1 saturated carbocycles. The molecule has 8 heteroatoms. The van der Waals surface area contributed by atoms with Crippen LogP contribution < -0.4 is 10.1 Å². The topological polar surface area (TPSA) is 78.8 Å². The van der Waals surface area contributed by atoms with E-state index in [1.807, 2.05) is 0 Å². The summed E-state index contributed by atoms with van der Waals surface area (Å²) < 4.78 is 39.8. The number of nitrogens with one attached hydrogen (secondary N) is 1. The second kappa shape index (κ2) is 6.53. The molecule has 0 aromatic heterocycles. The highest BCUT2D eigenvalue weighted by atomic mass is 19.4. The fourth-order valence-corrected chi connectivity index (χ4v) is 2.49. The number of halogens is 3. The molecule has 0 radical (unpaired) electrons. The molecule has 0 heterocycles. The van der Waals surface area contributed by atoms with E-state index in [1.165, 1.54) is 12.1 Å². The van der Waals surface area contributed by atoms with E-state index in [0.717, 1.165) is 12.1 Å². The van der Waals surface area contributed by atoms with Gasteiger partial charge in [0.05, 0.1) is 6.10 Å². The highest BCUT2D eigenvalue weighted by Gasteiger charge is 2.33. The van der Waals surface area contributed by atoms with E-state index in [-0.39, 0.29) is 24.1 Å². The highest BCUT2D eigenvalue weighted by molar-refractivity contribution is 5.94. The van der Waals surface area contributed by atoms with Crippen LogP contribution in [0.3, 0.4) is 0 Å². The molecule has 3 atom stereocenters. The summed E-state index contributed by atoms with van der Waals surface area (Å²) in [4.78, 5) is 12.0. The second-order valence-electron chi connectivity index (χ2n) is 5.22. The van der Waals surface area contributed by atoms with Gasteiger partial charge < -0.3 is 20.3 Å². The largest absolute Gasteiger partial charge is 0.573 e. The Morgan fingerprint density at radius 1 is 1.27 bits per heavy atom. The number of alkyl halides is 3. The molecule has 2 rings (SSSR count). The number of amides is 1. The zero-order valence-corrected chi connectivity index (χ0v) is 11.5. The number of aliphatic hydroxyl groups excluding tert-OH is 2. The fourth-order valence-electron chi connectivity index (χ4n) is 2.49. The van der Waals surface area contributed by atoms with E-state index in [4.69, 9.17) is 5.11 Å². The molecule has 22 heavy (non-hydrogen) atoms. The van der Waals surface area contributed by atoms with Gasteiger partial charge in [-0.3, -0.25) is 4.79 Å². The van der Waals surface area contributed by atoms with Gasteiger partial charge in [0.2, 0.25) is 0 Å². The summed E-state index contributed by atoms with van der Waals surface area (Å²) in [6.07, 6.45) is -4.65. The molecule has 1 aromatic rings. The van der Waals surface area contributed by atoms with Crippen LogP contribution in [0.2, 0.25) is 0 Å². The van der Waals surface area contributed by atoms with E-state index in [0.29, 0.717) is 12.8 Å². The van der Waals surface area contributed by atoms with Crippen molar-refractivity contribution in [2.45, 2.75) is 31.3 Å². The van der Waals surface area contributed by atoms with Crippen molar-refractivity contribution in [2.75, 3.05) is 6.61 Å². The van der Waals surface area contributed by atoms with Crippen molar-refractivity contribution in [3.8, 4) is 5.75 Å². The van der Waals surface area contributed by atoms with Gasteiger partial charge in [0.1, 0.15) is 5.75 Å². The maximum atomic E-state index is 12.0. The Labute approximate surface area is 124 Å². The van der Waals surface area contributed by atoms with Crippen molar-refractivity contribution in [1.82, 2.24) is 5.32 Å². The first-order valence-corrected chi connectivity index (χ1v) is 6.74. The predicted molar refractivity (Wildman–Crippen MR) is 70.2 cm³/mol. The summed E-state index contributed by atoms with van der Waals surface area (Å²) in [6.45, 7) is -0.156. The SMILES string of the molecule is O=C(N[C@@H]1C[C@@H](CO)[C@H](O)C1)c1ccc(OC(F)(F)F)cc1. The molecule has 5 nitrogen and oxygen atoms in total. The summed E-state index contributed by atoms with van der Waals surface area (Å²) >= 11 is 0. The van der Waals surface area contributed by atoms with Crippen LogP contribution in [0.4, 0.5) is 13.2 Å². The average molecular weight is 319 g/mol. The molecule has 0 spiro atoms. The molecule has 0 bridgehead atoms. The molecule has 3 N–H and O–H groups in total. The van der Waals surface area contributed by atoms with Gasteiger partial charge in [0, 0.05) is 24.1 Å². The molecule has 0 saturated heterocycles. The van der Waals surface area contributed by atoms with Gasteiger partial charge in [0.15, 0.2) is 0 Å². The standard InChI is InChI=1S/C14H16F3NO4/c15-14(16,17)22-11-3-1-8(2-4-11)13(21)18-10-5-9(7-19)12(20)6-10/h1-4,9-10,12,19-20H,5-7H2,(H,18,21)/t9-,10+,12+/m0/s1. The summed E-state index contributed by atoms with van der Waals surface area (Å²) in [6, 6.07) is 4.30. The number of carbonyl (C=O) groups is 1. The first-order valence-electron chi connectivity index (χ1n) is 6.74. The minimum absolute atomic E-state index is 0.156. The molecule has 1 aliphatic rings. The van der Waals surface area contributed by atoms with Crippen molar-refractivity contribution >= 4 is 5.91 Å². The molecule has 122 valence electrons. The Bertz CT molecular complexity index is 518. The average Bonchev–Trinajstić information content (AvgIpc) is 2.77. The summed E-state index contributed by atoms with van der Waals surface area (Å²) in [5.41, 5.74) is 0.191. The van der Waals surface area contributed by atoms with Crippen LogP contribution in [0, 0.1) is 5.92 Å². The summed E-state index contributed by atoms with van der Waals surface area (Å²) in [5, 5.41) is 21.4. The van der Waals surface area contributed by atoms with Gasteiger partial charge in [0.25, 0.3) is 5.91 Å². The lowest BCUT2D eigenvalue weighted by Gasteiger charge is -2.13. The first kappa shape index (κ1) is 16.6. The maximum Gasteiger partial charge on any atom is 0.573 e. The van der Waals surface area contributed by atoms with Crippen molar-refractivity contribution in [1.29, 1.82) is 0 Å². The number of benzene rings is 1. The third kappa shape index (κ3) is 4.35. The van der Waals surface area contributed by atoms with Gasteiger partial charge >= 0.3 is 6.36 Å². The Kier molecular flexibility index (Phi) is 4.92. The molecule has 1 aliphatic carbocycles. The van der Waals surface area contributed by atoms with Crippen molar-refractivity contribution in [3.63, 3.8) is 0 Å². The van der Waals surface area contributed by atoms with Crippen LogP contribution in [0.25, 0.3) is 0 Å². The fraction of sp³-hybridized carbons (Fsp3) is 0.500. The summed E-state index contributed by atoms with van der Waals surface area (Å²) in [7, 11) is 0. The minimum atomic E-state index is -4.77. The van der Waals surface area contributed by atoms with Crippen molar-refractivity contribution < 1.29 is 32.9 Å². The first-order chi connectivity index (χ1) is 10.3. The van der Waals surface area contributed by atoms with Crippen LogP contribution >= 0.6 is 0 Å². The highest BCUT2D eigenvalue weighted by Crippen LogP contribution is 2.26. The molecular formula is C14H16F3NO4. The monoisotopic (exact) mass is 319 g/mol. The van der Waals surface area contributed by atoms with E-state index in [9.17, 15) is 23.1 Å². The second-order valence-corrected chi connectivity index (χ2v) is 5.22. The molecule has 1 aromatic carbocycles. The maximum absolute atomic E-state index is 12.0. The van der Waals surface area contributed by atoms with Crippen LogP contribution in [0.1, 0.15) is 23.2 Å². The van der Waals surface area contributed by atoms with Gasteiger partial charge in [-0.1, -0.05) is 0 Å². The number of aliphatic hydroxyl groups is 2. The van der Waals surface area contributed by atoms with E-state index >= 15 is 0 Å². The van der Waals surface area contributed by atoms with Crippen molar-refractivity contribution in [3.05, 3.63) is 29.8 Å². The normalized spacial score (nSPS) is 25.0. The van der Waals surface area contributed by atoms with Gasteiger partial charge in [-0.25, -0.2) is 0 Å². The third-order valence-corrected chi connectivity index (χ3v) is 3.58. The van der Waals surface area contributed by atoms with E-state index in [2.05, 4.69) is 10.1 Å². The van der Waals surface area contributed by atoms with E-state index < -0.39 is 24.1 Å². The van der Waals surface area contributed by atoms with Crippen molar-refractivity contribution in [2.24, 2.45) is 5.92 Å². The molecule has 0 aliphatic heterocycles. The molecule has 0 unspecified atom stereocenters. The Hall–Kier alpha value is -1.80. The van der Waals surface area contributed by atoms with Crippen LogP contribution in [-0.2, 0) is 0 Å². The van der Waals surface area contributed by atoms with Crippen LogP contribution in [0.15, 0.2) is 24.3 Å². The zero-order chi connectivity index (χ0) is 16.3. The lowest BCUT2D eigenvalue weighted by molar-refractivity contribution is -0.274. The van der Waals surface area contributed by atoms with Gasteiger partial charge in [-0.15, -0.1) is 13.2 Å². The Morgan fingerprint density at radius 2 is 1.91 bits per heavy atom. The Balaban J connectivity index is 1.93. The number of hydrogen-bond donors (Lipinski definition) is 3. The number of rotatable bonds is 4. The minimum Gasteiger partial charge on any atom is -0.406 e. The lowest BCUT2D eigenvalue weighted by Crippen LogP contribution is -2.33. The van der Waals surface area contributed by atoms with E-state index in [1.54, 1.807) is 0 Å². The van der Waals surface area contributed by atoms with Gasteiger partial charge in [-0.05, 0) is 37.1 Å². The zero-order valence-electron chi connectivity index (χ0n) is 11.5. The predicted octanol–water partition coefficient (Wildman–Crippen LogP) is 1.45. The van der Waals surface area contributed by atoms with Crippen LogP contribution in [-0.4, -0.2) is 41.2 Å². The number of ether oxygens (including phenoxy) is 1. The Morgan fingerprint density at radius 3 is 2.41 bits per heavy atom. The number of carbonyl (C=O) groups excluding carboxylic acids is 1. The quantitative estimate of drug-likeness (QED) is 0.785. The number of hydrogen-bond acceptors (Lipinski definition) is 4. The van der Waals surface area contributed by atoms with Gasteiger partial charge in [-0.2, -0.15) is 0 Å². The van der Waals surface area contributed by atoms with Crippen LogP contribution in [0.5, 0.6) is 5.75 Å². The third-order valence-electron chi connectivity index (χ3n) is 3.58. The summed E-state index contributed by atoms with van der Waals surface area (Å²) in [5.74, 6) is -1.12. The smallest absolute Gasteiger partial charge is 0.406 e.